The number of halogens is 1. The Labute approximate surface area is 220 Å². The van der Waals surface area contributed by atoms with Crippen molar-refractivity contribution in [2.75, 3.05) is 18.6 Å². The van der Waals surface area contributed by atoms with Gasteiger partial charge < -0.3 is 19.3 Å². The number of hydrogen-bond acceptors (Lipinski definition) is 6. The normalized spacial score (nSPS) is 16.8. The van der Waals surface area contributed by atoms with Crippen molar-refractivity contribution in [1.29, 1.82) is 0 Å². The van der Waals surface area contributed by atoms with Crippen molar-refractivity contribution in [2.45, 2.75) is 32.9 Å². The van der Waals surface area contributed by atoms with Crippen LogP contribution in [0.25, 0.3) is 5.76 Å². The van der Waals surface area contributed by atoms with Gasteiger partial charge in [0.25, 0.3) is 11.7 Å². The van der Waals surface area contributed by atoms with Crippen LogP contribution in [0, 0.1) is 0 Å². The first-order valence-corrected chi connectivity index (χ1v) is 12.3. The molecule has 0 spiro atoms. The van der Waals surface area contributed by atoms with Crippen LogP contribution in [0.1, 0.15) is 37.9 Å². The molecular weight excluding hydrogens is 494 g/mol. The molecular formula is C29H28ClNO6. The van der Waals surface area contributed by atoms with Gasteiger partial charge in [0.2, 0.25) is 0 Å². The number of ether oxygens (including phenoxy) is 3. The number of benzene rings is 3. The smallest absolute Gasteiger partial charge is 0.300 e. The van der Waals surface area contributed by atoms with Gasteiger partial charge in [0.05, 0.1) is 36.5 Å². The number of hydrogen-bond donors (Lipinski definition) is 1. The molecule has 1 aliphatic heterocycles. The van der Waals surface area contributed by atoms with Gasteiger partial charge in [-0.25, -0.2) is 0 Å². The third kappa shape index (κ3) is 5.27. The van der Waals surface area contributed by atoms with Gasteiger partial charge in [0.15, 0.2) is 0 Å². The zero-order chi connectivity index (χ0) is 26.7. The Kier molecular flexibility index (Phi) is 7.74. The van der Waals surface area contributed by atoms with E-state index in [4.69, 9.17) is 25.8 Å². The van der Waals surface area contributed by atoms with Crippen LogP contribution in [0.2, 0.25) is 5.02 Å². The van der Waals surface area contributed by atoms with Crippen molar-refractivity contribution >= 4 is 34.7 Å². The zero-order valence-corrected chi connectivity index (χ0v) is 21.8. The molecule has 1 atom stereocenters. The fourth-order valence-electron chi connectivity index (χ4n) is 4.29. The average Bonchev–Trinajstić information content (AvgIpc) is 3.15. The second-order valence-electron chi connectivity index (χ2n) is 8.68. The highest BCUT2D eigenvalue weighted by Crippen LogP contribution is 2.44. The Morgan fingerprint density at radius 1 is 1.00 bits per heavy atom. The minimum Gasteiger partial charge on any atom is -0.507 e. The van der Waals surface area contributed by atoms with E-state index in [1.54, 1.807) is 66.7 Å². The first-order chi connectivity index (χ1) is 17.7. The lowest BCUT2D eigenvalue weighted by molar-refractivity contribution is -0.132. The highest BCUT2D eigenvalue weighted by Gasteiger charge is 2.47. The van der Waals surface area contributed by atoms with Crippen LogP contribution in [0.3, 0.4) is 0 Å². The van der Waals surface area contributed by atoms with Crippen LogP contribution in [-0.4, -0.2) is 36.6 Å². The summed E-state index contributed by atoms with van der Waals surface area (Å²) in [4.78, 5) is 28.3. The van der Waals surface area contributed by atoms with Crippen LogP contribution in [0.15, 0.2) is 72.3 Å². The average molecular weight is 522 g/mol. The molecule has 0 bridgehead atoms. The molecule has 1 heterocycles. The van der Waals surface area contributed by atoms with Crippen LogP contribution < -0.4 is 19.1 Å². The third-order valence-electron chi connectivity index (χ3n) is 5.83. The maximum absolute atomic E-state index is 13.5. The van der Waals surface area contributed by atoms with Gasteiger partial charge in [-0.1, -0.05) is 29.8 Å². The van der Waals surface area contributed by atoms with Crippen molar-refractivity contribution in [2.24, 2.45) is 0 Å². The summed E-state index contributed by atoms with van der Waals surface area (Å²) in [6.07, 6.45) is -0.0832. The summed E-state index contributed by atoms with van der Waals surface area (Å²) in [5.74, 6) is -0.456. The number of nitrogens with zero attached hydrogens (tertiary/aromatic N) is 1. The Hall–Kier alpha value is -3.97. The lowest BCUT2D eigenvalue weighted by atomic mass is 9.94. The van der Waals surface area contributed by atoms with E-state index in [0.717, 1.165) is 0 Å². The Balaban J connectivity index is 1.96. The molecule has 1 amide bonds. The molecule has 1 fully saturated rings. The molecule has 7 nitrogen and oxygen atoms in total. The van der Waals surface area contributed by atoms with E-state index in [-0.39, 0.29) is 22.3 Å². The van der Waals surface area contributed by atoms with Crippen molar-refractivity contribution in [3.8, 4) is 17.2 Å². The number of rotatable bonds is 8. The maximum Gasteiger partial charge on any atom is 0.300 e. The molecule has 1 saturated heterocycles. The largest absolute Gasteiger partial charge is 0.507 e. The van der Waals surface area contributed by atoms with Gasteiger partial charge in [-0.3, -0.25) is 14.5 Å². The summed E-state index contributed by atoms with van der Waals surface area (Å²) in [7, 11) is 1.52. The van der Waals surface area contributed by atoms with Gasteiger partial charge in [0, 0.05) is 17.3 Å². The monoisotopic (exact) mass is 521 g/mol. The highest BCUT2D eigenvalue weighted by atomic mass is 35.5. The molecule has 1 aliphatic rings. The predicted molar refractivity (Wildman–Crippen MR) is 143 cm³/mol. The van der Waals surface area contributed by atoms with Crippen molar-refractivity contribution < 1.29 is 28.9 Å². The standard InChI is InChI=1S/C29H28ClNO6/c1-5-36-21-12-13-24(30)23(16-21)27(32)25-26(18-8-6-11-22(14-18)37-17(2)3)31(29(34)28(25)33)19-9-7-10-20(15-19)35-4/h6-17,26,32H,5H2,1-4H3/b27-25+. The quantitative estimate of drug-likeness (QED) is 0.217. The number of ketones is 1. The molecule has 37 heavy (non-hydrogen) atoms. The van der Waals surface area contributed by atoms with Gasteiger partial charge in [-0.15, -0.1) is 0 Å². The highest BCUT2D eigenvalue weighted by molar-refractivity contribution is 6.52. The minimum absolute atomic E-state index is 0.0832. The second-order valence-corrected chi connectivity index (χ2v) is 9.09. The Morgan fingerprint density at radius 3 is 2.43 bits per heavy atom. The van der Waals surface area contributed by atoms with E-state index >= 15 is 0 Å². The molecule has 4 rings (SSSR count). The molecule has 0 saturated carbocycles. The van der Waals surface area contributed by atoms with Gasteiger partial charge in [-0.05, 0) is 68.8 Å². The number of aliphatic hydroxyl groups excluding tert-OH is 1. The summed E-state index contributed by atoms with van der Waals surface area (Å²) in [6.45, 7) is 6.05. The van der Waals surface area contributed by atoms with E-state index in [2.05, 4.69) is 0 Å². The molecule has 0 aromatic heterocycles. The molecule has 192 valence electrons. The topological polar surface area (TPSA) is 85.3 Å². The number of Topliss-reactive ketones (excluding diaryl/α,β-unsaturated/α-hetero) is 1. The number of anilines is 1. The maximum atomic E-state index is 13.5. The lowest BCUT2D eigenvalue weighted by Gasteiger charge is -2.26. The van der Waals surface area contributed by atoms with E-state index in [1.165, 1.54) is 12.0 Å². The van der Waals surface area contributed by atoms with Crippen LogP contribution in [-0.2, 0) is 9.59 Å². The van der Waals surface area contributed by atoms with E-state index in [0.29, 0.717) is 35.1 Å². The fraction of sp³-hybridized carbons (Fsp3) is 0.241. The zero-order valence-electron chi connectivity index (χ0n) is 21.0. The minimum atomic E-state index is -0.949. The third-order valence-corrected chi connectivity index (χ3v) is 6.16. The van der Waals surface area contributed by atoms with Gasteiger partial charge >= 0.3 is 0 Å². The Bertz CT molecular complexity index is 1370. The summed E-state index contributed by atoms with van der Waals surface area (Å²) >= 11 is 6.43. The SMILES string of the molecule is CCOc1ccc(Cl)c(/C(O)=C2\C(=O)C(=O)N(c3cccc(OC)c3)C2c2cccc(OC(C)C)c2)c1. The number of carbonyl (C=O) groups is 2. The number of carbonyl (C=O) groups excluding carboxylic acids is 2. The van der Waals surface area contributed by atoms with Crippen LogP contribution in [0.5, 0.6) is 17.2 Å². The van der Waals surface area contributed by atoms with E-state index in [1.807, 2.05) is 20.8 Å². The fourth-order valence-corrected chi connectivity index (χ4v) is 4.50. The number of methoxy groups -OCH3 is 1. The second kappa shape index (κ2) is 11.0. The first kappa shape index (κ1) is 26.1. The predicted octanol–water partition coefficient (Wildman–Crippen LogP) is 6.16. The van der Waals surface area contributed by atoms with E-state index in [9.17, 15) is 14.7 Å². The lowest BCUT2D eigenvalue weighted by Crippen LogP contribution is -2.29. The van der Waals surface area contributed by atoms with Crippen molar-refractivity contribution in [3.05, 3.63) is 88.5 Å². The first-order valence-electron chi connectivity index (χ1n) is 11.9. The summed E-state index contributed by atoms with van der Waals surface area (Å²) in [6, 6.07) is 17.8. The summed E-state index contributed by atoms with van der Waals surface area (Å²) in [5, 5.41) is 11.7. The molecule has 0 aliphatic carbocycles. The van der Waals surface area contributed by atoms with Gasteiger partial charge in [-0.2, -0.15) is 0 Å². The molecule has 0 radical (unpaired) electrons. The summed E-state index contributed by atoms with van der Waals surface area (Å²) < 4.78 is 16.8. The number of aliphatic hydroxyl groups is 1. The van der Waals surface area contributed by atoms with Crippen molar-refractivity contribution in [1.82, 2.24) is 0 Å². The van der Waals surface area contributed by atoms with Crippen molar-refractivity contribution in [3.63, 3.8) is 0 Å². The molecule has 1 unspecified atom stereocenters. The Morgan fingerprint density at radius 2 is 1.73 bits per heavy atom. The molecule has 3 aromatic carbocycles. The van der Waals surface area contributed by atoms with E-state index < -0.39 is 23.5 Å². The molecule has 1 N–H and O–H groups in total. The van der Waals surface area contributed by atoms with Gasteiger partial charge in [0.1, 0.15) is 23.0 Å². The number of amides is 1. The summed E-state index contributed by atoms with van der Waals surface area (Å²) in [5.41, 5.74) is 1.12. The molecule has 3 aromatic rings. The van der Waals surface area contributed by atoms with Crippen LogP contribution >= 0.6 is 11.6 Å². The molecule has 8 heteroatoms. The van der Waals surface area contributed by atoms with Crippen LogP contribution in [0.4, 0.5) is 5.69 Å².